The van der Waals surface area contributed by atoms with Gasteiger partial charge in [0, 0.05) is 12.6 Å². The minimum absolute atomic E-state index is 0.0123. The van der Waals surface area contributed by atoms with E-state index in [0.717, 1.165) is 29.1 Å². The van der Waals surface area contributed by atoms with E-state index in [1.807, 2.05) is 30.5 Å². The van der Waals surface area contributed by atoms with Gasteiger partial charge in [-0.3, -0.25) is 16.3 Å². The number of aromatic nitrogens is 2. The van der Waals surface area contributed by atoms with Gasteiger partial charge >= 0.3 is 0 Å². The van der Waals surface area contributed by atoms with E-state index in [4.69, 9.17) is 5.84 Å². The molecule has 2 heterocycles. The molecular weight excluding hydrogens is 280 g/mol. The number of hydrogen-bond donors (Lipinski definition) is 2. The maximum Gasteiger partial charge on any atom is 0.0958 e. The molecule has 1 unspecified atom stereocenters. The molecule has 1 aromatic carbocycles. The number of fused-ring (bicyclic) bond motifs is 1. The number of nitrogens with zero attached hydrogens (tertiary/aromatic N) is 2. The second-order valence-electron chi connectivity index (χ2n) is 4.90. The second kappa shape index (κ2) is 6.30. The first-order valence-corrected chi connectivity index (χ1v) is 7.87. The molecule has 0 saturated carbocycles. The van der Waals surface area contributed by atoms with Crippen molar-refractivity contribution in [2.75, 3.05) is 0 Å². The molecule has 4 nitrogen and oxygen atoms in total. The standard InChI is InChI=1S/C16H18N4S/c1-2-11-6-5-9-18-16(11)13(20-17)10-15-19-12-7-3-4-8-14(12)21-15/h3-9,13,20H,2,10,17H2,1H3. The second-order valence-corrected chi connectivity index (χ2v) is 6.02. The molecule has 0 saturated heterocycles. The minimum atomic E-state index is -0.0123. The zero-order valence-corrected chi connectivity index (χ0v) is 12.7. The SMILES string of the molecule is CCc1cccnc1C(Cc1nc2ccccc2s1)NN. The fourth-order valence-corrected chi connectivity index (χ4v) is 3.49. The first-order chi connectivity index (χ1) is 10.3. The van der Waals surface area contributed by atoms with E-state index in [2.05, 4.69) is 34.5 Å². The molecule has 0 aliphatic carbocycles. The molecule has 0 radical (unpaired) electrons. The normalized spacial score (nSPS) is 12.7. The summed E-state index contributed by atoms with van der Waals surface area (Å²) in [6.07, 6.45) is 3.51. The molecule has 0 fully saturated rings. The van der Waals surface area contributed by atoms with Crippen LogP contribution >= 0.6 is 11.3 Å². The number of nitrogens with one attached hydrogen (secondary N) is 1. The fraction of sp³-hybridized carbons (Fsp3) is 0.250. The molecule has 108 valence electrons. The van der Waals surface area contributed by atoms with Crippen molar-refractivity contribution in [2.24, 2.45) is 5.84 Å². The summed E-state index contributed by atoms with van der Waals surface area (Å²) in [4.78, 5) is 9.18. The molecule has 1 atom stereocenters. The number of hydrazine groups is 1. The first kappa shape index (κ1) is 14.1. The molecule has 2 aromatic heterocycles. The van der Waals surface area contributed by atoms with Crippen molar-refractivity contribution in [1.29, 1.82) is 0 Å². The van der Waals surface area contributed by atoms with Crippen molar-refractivity contribution in [3.8, 4) is 0 Å². The van der Waals surface area contributed by atoms with Gasteiger partial charge in [-0.25, -0.2) is 4.98 Å². The van der Waals surface area contributed by atoms with Crippen molar-refractivity contribution in [2.45, 2.75) is 25.8 Å². The van der Waals surface area contributed by atoms with Gasteiger partial charge in [0.25, 0.3) is 0 Å². The van der Waals surface area contributed by atoms with E-state index in [1.54, 1.807) is 11.3 Å². The van der Waals surface area contributed by atoms with Gasteiger partial charge in [0.15, 0.2) is 0 Å². The highest BCUT2D eigenvalue weighted by atomic mass is 32.1. The van der Waals surface area contributed by atoms with Crippen LogP contribution in [0.5, 0.6) is 0 Å². The summed E-state index contributed by atoms with van der Waals surface area (Å²) in [5, 5.41) is 1.08. The predicted octanol–water partition coefficient (Wildman–Crippen LogP) is 3.00. The lowest BCUT2D eigenvalue weighted by molar-refractivity contribution is 0.533. The third kappa shape index (κ3) is 2.95. The number of rotatable bonds is 5. The Hall–Kier alpha value is -1.82. The topological polar surface area (TPSA) is 63.8 Å². The average Bonchev–Trinajstić information content (AvgIpc) is 2.95. The van der Waals surface area contributed by atoms with Crippen LogP contribution in [0, 0.1) is 0 Å². The van der Waals surface area contributed by atoms with Crippen LogP contribution < -0.4 is 11.3 Å². The Kier molecular flexibility index (Phi) is 4.24. The lowest BCUT2D eigenvalue weighted by atomic mass is 10.0. The highest BCUT2D eigenvalue weighted by Crippen LogP contribution is 2.26. The van der Waals surface area contributed by atoms with Crippen LogP contribution in [-0.4, -0.2) is 9.97 Å². The Labute approximate surface area is 128 Å². The molecule has 5 heteroatoms. The Morgan fingerprint density at radius 3 is 2.86 bits per heavy atom. The van der Waals surface area contributed by atoms with Gasteiger partial charge in [0.2, 0.25) is 0 Å². The zero-order chi connectivity index (χ0) is 14.7. The van der Waals surface area contributed by atoms with Gasteiger partial charge in [-0.05, 0) is 30.2 Å². The Bertz CT molecular complexity index is 705. The molecule has 3 N–H and O–H groups in total. The van der Waals surface area contributed by atoms with Crippen LogP contribution in [-0.2, 0) is 12.8 Å². The van der Waals surface area contributed by atoms with Gasteiger partial charge in [0.05, 0.1) is 27.0 Å². The van der Waals surface area contributed by atoms with Crippen molar-refractivity contribution >= 4 is 21.6 Å². The lowest BCUT2D eigenvalue weighted by Crippen LogP contribution is -2.31. The first-order valence-electron chi connectivity index (χ1n) is 7.06. The van der Waals surface area contributed by atoms with Crippen LogP contribution in [0.4, 0.5) is 0 Å². The lowest BCUT2D eigenvalue weighted by Gasteiger charge is -2.16. The Balaban J connectivity index is 1.90. The molecule has 0 aliphatic rings. The maximum atomic E-state index is 5.76. The van der Waals surface area contributed by atoms with Crippen LogP contribution in [0.3, 0.4) is 0 Å². The highest BCUT2D eigenvalue weighted by molar-refractivity contribution is 7.18. The molecular formula is C16H18N4S. The van der Waals surface area contributed by atoms with Gasteiger partial charge in [-0.1, -0.05) is 25.1 Å². The number of pyridine rings is 1. The monoisotopic (exact) mass is 298 g/mol. The molecule has 0 spiro atoms. The molecule has 0 aliphatic heterocycles. The smallest absolute Gasteiger partial charge is 0.0958 e. The van der Waals surface area contributed by atoms with Gasteiger partial charge < -0.3 is 0 Å². The third-order valence-electron chi connectivity index (χ3n) is 3.56. The number of nitrogens with two attached hydrogens (primary N) is 1. The van der Waals surface area contributed by atoms with Crippen molar-refractivity contribution in [3.05, 3.63) is 58.9 Å². The minimum Gasteiger partial charge on any atom is -0.271 e. The van der Waals surface area contributed by atoms with Crippen molar-refractivity contribution in [3.63, 3.8) is 0 Å². The number of thiazole rings is 1. The fourth-order valence-electron chi connectivity index (χ4n) is 2.48. The van der Waals surface area contributed by atoms with Gasteiger partial charge in [0.1, 0.15) is 0 Å². The van der Waals surface area contributed by atoms with Crippen molar-refractivity contribution in [1.82, 2.24) is 15.4 Å². The van der Waals surface area contributed by atoms with Crippen LogP contribution in [0.2, 0.25) is 0 Å². The molecule has 3 aromatic rings. The van der Waals surface area contributed by atoms with E-state index in [-0.39, 0.29) is 6.04 Å². The summed E-state index contributed by atoms with van der Waals surface area (Å²) in [6.45, 7) is 2.13. The summed E-state index contributed by atoms with van der Waals surface area (Å²) in [5.74, 6) is 5.76. The van der Waals surface area contributed by atoms with E-state index in [9.17, 15) is 0 Å². The molecule has 0 amide bonds. The van der Waals surface area contributed by atoms with E-state index < -0.39 is 0 Å². The molecule has 3 rings (SSSR count). The molecule has 0 bridgehead atoms. The highest BCUT2D eigenvalue weighted by Gasteiger charge is 2.17. The summed E-state index contributed by atoms with van der Waals surface area (Å²) >= 11 is 1.71. The van der Waals surface area contributed by atoms with E-state index in [0.29, 0.717) is 0 Å². The average molecular weight is 298 g/mol. The van der Waals surface area contributed by atoms with Crippen molar-refractivity contribution < 1.29 is 0 Å². The number of benzene rings is 1. The predicted molar refractivity (Wildman–Crippen MR) is 87.0 cm³/mol. The number of aryl methyl sites for hydroxylation is 1. The zero-order valence-electron chi connectivity index (χ0n) is 11.9. The van der Waals surface area contributed by atoms with E-state index in [1.165, 1.54) is 10.3 Å². The number of para-hydroxylation sites is 1. The largest absolute Gasteiger partial charge is 0.271 e. The quantitative estimate of drug-likeness (QED) is 0.561. The Morgan fingerprint density at radius 1 is 1.24 bits per heavy atom. The van der Waals surface area contributed by atoms with Crippen LogP contribution in [0.25, 0.3) is 10.2 Å². The summed E-state index contributed by atoms with van der Waals surface area (Å²) in [5.41, 5.74) is 6.18. The Morgan fingerprint density at radius 2 is 2.10 bits per heavy atom. The van der Waals surface area contributed by atoms with Gasteiger partial charge in [-0.15, -0.1) is 11.3 Å². The number of hydrogen-bond acceptors (Lipinski definition) is 5. The summed E-state index contributed by atoms with van der Waals surface area (Å²) in [6, 6.07) is 12.2. The molecule has 21 heavy (non-hydrogen) atoms. The summed E-state index contributed by atoms with van der Waals surface area (Å²) < 4.78 is 1.21. The van der Waals surface area contributed by atoms with Gasteiger partial charge in [-0.2, -0.15) is 0 Å². The summed E-state index contributed by atoms with van der Waals surface area (Å²) in [7, 11) is 0. The third-order valence-corrected chi connectivity index (χ3v) is 4.61. The van der Waals surface area contributed by atoms with Crippen LogP contribution in [0.15, 0.2) is 42.6 Å². The maximum absolute atomic E-state index is 5.76. The van der Waals surface area contributed by atoms with Crippen LogP contribution in [0.1, 0.15) is 29.2 Å². The van der Waals surface area contributed by atoms with E-state index >= 15 is 0 Å².